The van der Waals surface area contributed by atoms with Crippen molar-refractivity contribution in [2.24, 2.45) is 35.5 Å². The summed E-state index contributed by atoms with van der Waals surface area (Å²) >= 11 is 0. The fourth-order valence-corrected chi connectivity index (χ4v) is 6.46. The largest absolute Gasteiger partial charge is 0.381 e. The van der Waals surface area contributed by atoms with Crippen LogP contribution in [0.2, 0.25) is 0 Å². The molecule has 2 unspecified atom stereocenters. The number of Topliss-reactive ketones (excluding diaryl/α,β-unsaturated/α-hetero) is 1. The average Bonchev–Trinajstić information content (AvgIpc) is 2.92. The molecule has 6 atom stereocenters. The van der Waals surface area contributed by atoms with Crippen LogP contribution in [0.1, 0.15) is 185 Å². The van der Waals surface area contributed by atoms with Gasteiger partial charge >= 0.3 is 0 Å². The Morgan fingerprint density at radius 1 is 0.455 bits per heavy atom. The van der Waals surface area contributed by atoms with Gasteiger partial charge in [0.15, 0.2) is 5.78 Å². The topological polar surface area (TPSA) is 57.5 Å². The van der Waals surface area contributed by atoms with Crippen molar-refractivity contribution in [2.75, 3.05) is 0 Å². The first-order valence-electron chi connectivity index (χ1n) is 19.0. The molecule has 0 aromatic carbocycles. The monoisotopic (exact) mass is 619 g/mol. The molecule has 3 nitrogen and oxygen atoms in total. The van der Waals surface area contributed by atoms with Crippen LogP contribution >= 0.6 is 0 Å². The minimum absolute atomic E-state index is 0.518. The summed E-state index contributed by atoms with van der Waals surface area (Å²) in [5, 5.41) is 20.9. The van der Waals surface area contributed by atoms with Crippen LogP contribution in [0.15, 0.2) is 23.3 Å². The van der Waals surface area contributed by atoms with E-state index in [9.17, 15) is 15.0 Å². The maximum absolute atomic E-state index is 12.6. The van der Waals surface area contributed by atoms with E-state index in [1.54, 1.807) is 12.2 Å². The summed E-state index contributed by atoms with van der Waals surface area (Å²) in [4.78, 5) is 12.6. The Labute approximate surface area is 276 Å². The van der Waals surface area contributed by atoms with Gasteiger partial charge in [-0.05, 0) is 87.2 Å². The first-order chi connectivity index (χ1) is 20.7. The zero-order chi connectivity index (χ0) is 33.5. The summed E-state index contributed by atoms with van der Waals surface area (Å²) in [5.74, 6) is 4.21. The second-order valence-corrected chi connectivity index (χ2v) is 16.0. The third kappa shape index (κ3) is 25.3. The van der Waals surface area contributed by atoms with E-state index in [2.05, 4.69) is 55.4 Å². The average molecular weight is 619 g/mol. The van der Waals surface area contributed by atoms with E-state index in [1.807, 2.05) is 13.8 Å². The maximum atomic E-state index is 12.6. The molecule has 0 fully saturated rings. The molecule has 0 aliphatic heterocycles. The van der Waals surface area contributed by atoms with Gasteiger partial charge in [0, 0.05) is 0 Å². The second kappa shape index (κ2) is 26.2. The van der Waals surface area contributed by atoms with Gasteiger partial charge in [0.1, 0.15) is 12.2 Å². The minimum atomic E-state index is -1.24. The standard InChI is InChI=1S/C41H78O3/c1-31(2)17-11-19-33(5)21-13-23-35(7)25-15-27-37(9)29-39(42)41(44)40(43)30-38(10)28-16-26-36(8)24-14-22-34(6)20-12-18-32(3)4/h29-36,39-40,42-43H,11-28H2,1-10H3/b37-29+,38-30+/t33-,34-,35-,36-,39?,40?/m1/s1. The lowest BCUT2D eigenvalue weighted by molar-refractivity contribution is -0.131. The Morgan fingerprint density at radius 3 is 0.977 bits per heavy atom. The van der Waals surface area contributed by atoms with Crippen LogP contribution in [0.5, 0.6) is 0 Å². The Morgan fingerprint density at radius 2 is 0.705 bits per heavy atom. The highest BCUT2D eigenvalue weighted by Gasteiger charge is 2.20. The van der Waals surface area contributed by atoms with Crippen molar-refractivity contribution in [1.29, 1.82) is 0 Å². The molecular weight excluding hydrogens is 540 g/mol. The molecule has 0 aromatic rings. The summed E-state index contributed by atoms with van der Waals surface area (Å²) in [5.41, 5.74) is 2.06. The normalized spacial score (nSPS) is 17.1. The Hall–Kier alpha value is -0.930. The molecule has 0 radical (unpaired) electrons. The number of hydrogen-bond acceptors (Lipinski definition) is 3. The minimum Gasteiger partial charge on any atom is -0.381 e. The van der Waals surface area contributed by atoms with Gasteiger partial charge in [-0.1, -0.05) is 156 Å². The van der Waals surface area contributed by atoms with Gasteiger partial charge in [-0.3, -0.25) is 4.79 Å². The van der Waals surface area contributed by atoms with E-state index < -0.39 is 18.0 Å². The summed E-state index contributed by atoms with van der Waals surface area (Å²) in [7, 11) is 0. The number of aliphatic hydroxyl groups is 2. The summed E-state index contributed by atoms with van der Waals surface area (Å²) in [6, 6.07) is 0. The molecule has 0 aliphatic carbocycles. The van der Waals surface area contributed by atoms with Crippen LogP contribution in [0, 0.1) is 35.5 Å². The molecule has 0 saturated heterocycles. The molecule has 0 aromatic heterocycles. The van der Waals surface area contributed by atoms with Crippen molar-refractivity contribution in [3.63, 3.8) is 0 Å². The van der Waals surface area contributed by atoms with Crippen molar-refractivity contribution in [2.45, 2.75) is 197 Å². The molecular formula is C41H78O3. The highest BCUT2D eigenvalue weighted by atomic mass is 16.3. The van der Waals surface area contributed by atoms with Crippen molar-refractivity contribution in [3.05, 3.63) is 23.3 Å². The quantitative estimate of drug-likeness (QED) is 0.0858. The molecule has 0 aliphatic rings. The number of carbonyl (C=O) groups excluding carboxylic acids is 1. The van der Waals surface area contributed by atoms with E-state index >= 15 is 0 Å². The van der Waals surface area contributed by atoms with Gasteiger partial charge < -0.3 is 10.2 Å². The van der Waals surface area contributed by atoms with Crippen LogP contribution in [-0.2, 0) is 4.79 Å². The predicted molar refractivity (Wildman–Crippen MR) is 194 cm³/mol. The van der Waals surface area contributed by atoms with E-state index in [1.165, 1.54) is 89.9 Å². The molecule has 0 bridgehead atoms. The van der Waals surface area contributed by atoms with Crippen LogP contribution < -0.4 is 0 Å². The first-order valence-corrected chi connectivity index (χ1v) is 19.0. The van der Waals surface area contributed by atoms with Gasteiger partial charge in [0.05, 0.1) is 0 Å². The number of aliphatic hydroxyl groups excluding tert-OH is 2. The fraction of sp³-hybridized carbons (Fsp3) is 0.878. The molecule has 44 heavy (non-hydrogen) atoms. The molecule has 260 valence electrons. The molecule has 0 rings (SSSR count). The number of ketones is 1. The molecule has 0 amide bonds. The van der Waals surface area contributed by atoms with Gasteiger partial charge in [-0.2, -0.15) is 0 Å². The summed E-state index contributed by atoms with van der Waals surface area (Å²) in [6.45, 7) is 22.7. The Kier molecular flexibility index (Phi) is 25.6. The van der Waals surface area contributed by atoms with Crippen molar-refractivity contribution < 1.29 is 15.0 Å². The number of carbonyl (C=O) groups is 1. The van der Waals surface area contributed by atoms with Gasteiger partial charge in [-0.25, -0.2) is 0 Å². The first kappa shape index (κ1) is 43.1. The number of allylic oxidation sites excluding steroid dienone is 2. The molecule has 3 heteroatoms. The van der Waals surface area contributed by atoms with Gasteiger partial charge in [-0.15, -0.1) is 0 Å². The number of rotatable bonds is 28. The Bertz CT molecular complexity index is 702. The van der Waals surface area contributed by atoms with Crippen LogP contribution in [0.3, 0.4) is 0 Å². The van der Waals surface area contributed by atoms with Gasteiger partial charge in [0.2, 0.25) is 0 Å². The van der Waals surface area contributed by atoms with E-state index in [0.717, 1.165) is 60.5 Å². The lowest BCUT2D eigenvalue weighted by Gasteiger charge is -2.15. The molecule has 2 N–H and O–H groups in total. The van der Waals surface area contributed by atoms with E-state index in [4.69, 9.17) is 0 Å². The molecule has 0 spiro atoms. The SMILES string of the molecule is C/C(=C\C(O)C(=O)C(O)/C=C(\C)CCC[C@H](C)CCC[C@H](C)CCCC(C)C)CCC[C@H](C)CCC[C@H](C)CCCC(C)C. The third-order valence-corrected chi connectivity index (χ3v) is 9.75. The highest BCUT2D eigenvalue weighted by molar-refractivity contribution is 5.90. The van der Waals surface area contributed by atoms with E-state index in [-0.39, 0.29) is 0 Å². The summed E-state index contributed by atoms with van der Waals surface area (Å²) in [6.07, 6.45) is 23.1. The third-order valence-electron chi connectivity index (χ3n) is 9.75. The second-order valence-electron chi connectivity index (χ2n) is 16.0. The van der Waals surface area contributed by atoms with Crippen LogP contribution in [-0.4, -0.2) is 28.2 Å². The highest BCUT2D eigenvalue weighted by Crippen LogP contribution is 2.24. The van der Waals surface area contributed by atoms with Crippen LogP contribution in [0.4, 0.5) is 0 Å². The van der Waals surface area contributed by atoms with Crippen molar-refractivity contribution >= 4 is 5.78 Å². The van der Waals surface area contributed by atoms with Gasteiger partial charge in [0.25, 0.3) is 0 Å². The zero-order valence-electron chi connectivity index (χ0n) is 31.3. The zero-order valence-corrected chi connectivity index (χ0v) is 31.3. The summed E-state index contributed by atoms with van der Waals surface area (Å²) < 4.78 is 0. The predicted octanol–water partition coefficient (Wildman–Crippen LogP) is 12.0. The van der Waals surface area contributed by atoms with Crippen molar-refractivity contribution in [3.8, 4) is 0 Å². The maximum Gasteiger partial charge on any atom is 0.197 e. The fourth-order valence-electron chi connectivity index (χ4n) is 6.46. The Balaban J connectivity index is 4.23. The van der Waals surface area contributed by atoms with Crippen molar-refractivity contribution in [1.82, 2.24) is 0 Å². The lowest BCUT2D eigenvalue weighted by Crippen LogP contribution is -2.29. The van der Waals surface area contributed by atoms with E-state index in [0.29, 0.717) is 11.8 Å². The molecule has 0 saturated carbocycles. The smallest absolute Gasteiger partial charge is 0.197 e. The number of hydrogen-bond donors (Lipinski definition) is 2. The van der Waals surface area contributed by atoms with Crippen LogP contribution in [0.25, 0.3) is 0 Å². The lowest BCUT2D eigenvalue weighted by atomic mass is 9.91. The molecule has 0 heterocycles.